The van der Waals surface area contributed by atoms with Crippen LogP contribution >= 0.6 is 0 Å². The number of carbonyl (C=O) groups is 2. The van der Waals surface area contributed by atoms with Gasteiger partial charge < -0.3 is 19.7 Å². The van der Waals surface area contributed by atoms with Crippen molar-refractivity contribution in [2.45, 2.75) is 19.8 Å². The smallest absolute Gasteiger partial charge is 0.227 e. The van der Waals surface area contributed by atoms with E-state index in [1.165, 1.54) is 0 Å². The Hall–Kier alpha value is -2.90. The molecular formula is C19H24N6O2. The lowest BCUT2D eigenvalue weighted by molar-refractivity contribution is -0.137. The van der Waals surface area contributed by atoms with Gasteiger partial charge in [0.2, 0.25) is 11.8 Å². The van der Waals surface area contributed by atoms with Crippen molar-refractivity contribution in [2.75, 3.05) is 37.6 Å². The van der Waals surface area contributed by atoms with Gasteiger partial charge in [-0.2, -0.15) is 0 Å². The van der Waals surface area contributed by atoms with Crippen LogP contribution in [0.3, 0.4) is 0 Å². The van der Waals surface area contributed by atoms with E-state index >= 15 is 0 Å². The zero-order valence-corrected chi connectivity index (χ0v) is 15.5. The van der Waals surface area contributed by atoms with E-state index < -0.39 is 0 Å². The molecule has 0 bridgehead atoms. The second-order valence-electron chi connectivity index (χ2n) is 7.07. The fourth-order valence-electron chi connectivity index (χ4n) is 3.68. The Bertz CT molecular complexity index is 817. The molecule has 4 heterocycles. The summed E-state index contributed by atoms with van der Waals surface area (Å²) in [5, 5.41) is 2.80. The highest BCUT2D eigenvalue weighted by Crippen LogP contribution is 2.20. The van der Waals surface area contributed by atoms with Crippen LogP contribution in [0.25, 0.3) is 5.82 Å². The minimum Gasteiger partial charge on any atom is -0.355 e. The number of piperazine rings is 1. The molecule has 0 saturated carbocycles. The van der Waals surface area contributed by atoms with Gasteiger partial charge in [0.05, 0.1) is 5.92 Å². The minimum absolute atomic E-state index is 0.0431. The van der Waals surface area contributed by atoms with Crippen molar-refractivity contribution in [3.05, 3.63) is 36.4 Å². The largest absolute Gasteiger partial charge is 0.355 e. The number of piperidine rings is 1. The Morgan fingerprint density at radius 3 is 2.48 bits per heavy atom. The van der Waals surface area contributed by atoms with E-state index in [-0.39, 0.29) is 17.7 Å². The molecule has 8 nitrogen and oxygen atoms in total. The molecule has 2 aromatic rings. The standard InChI is InChI=1S/C19H24N6O2/c1-14-21-16(23-6-2-3-7-23)12-17(22-14)24-8-10-25(11-9-24)19(27)15-4-5-18(26)20-13-15/h2-3,6-7,12,15H,4-5,8-11,13H2,1H3,(H,20,26). The summed E-state index contributed by atoms with van der Waals surface area (Å²) in [4.78, 5) is 37.2. The molecular weight excluding hydrogens is 344 g/mol. The molecule has 142 valence electrons. The maximum Gasteiger partial charge on any atom is 0.227 e. The van der Waals surface area contributed by atoms with E-state index in [4.69, 9.17) is 0 Å². The lowest BCUT2D eigenvalue weighted by Gasteiger charge is -2.37. The molecule has 2 fully saturated rings. The second kappa shape index (κ2) is 7.38. The third-order valence-electron chi connectivity index (χ3n) is 5.21. The molecule has 0 spiro atoms. The third kappa shape index (κ3) is 3.79. The van der Waals surface area contributed by atoms with Gasteiger partial charge in [-0.05, 0) is 25.5 Å². The zero-order valence-electron chi connectivity index (χ0n) is 15.5. The third-order valence-corrected chi connectivity index (χ3v) is 5.21. The molecule has 4 rings (SSSR count). The van der Waals surface area contributed by atoms with E-state index in [2.05, 4.69) is 20.2 Å². The van der Waals surface area contributed by atoms with Gasteiger partial charge in [0.25, 0.3) is 0 Å². The van der Waals surface area contributed by atoms with Gasteiger partial charge in [-0.25, -0.2) is 9.97 Å². The van der Waals surface area contributed by atoms with Gasteiger partial charge in [0.15, 0.2) is 0 Å². The summed E-state index contributed by atoms with van der Waals surface area (Å²) >= 11 is 0. The van der Waals surface area contributed by atoms with Crippen molar-refractivity contribution in [2.24, 2.45) is 5.92 Å². The first-order chi connectivity index (χ1) is 13.1. The van der Waals surface area contributed by atoms with Crippen molar-refractivity contribution in [1.82, 2.24) is 24.8 Å². The highest BCUT2D eigenvalue weighted by molar-refractivity contribution is 5.84. The van der Waals surface area contributed by atoms with Crippen LogP contribution in [0.5, 0.6) is 0 Å². The maximum absolute atomic E-state index is 12.7. The molecule has 0 aromatic carbocycles. The predicted octanol–water partition coefficient (Wildman–Crippen LogP) is 0.751. The Morgan fingerprint density at radius 2 is 1.81 bits per heavy atom. The summed E-state index contributed by atoms with van der Waals surface area (Å²) in [6.07, 6.45) is 5.02. The van der Waals surface area contributed by atoms with Gasteiger partial charge >= 0.3 is 0 Å². The van der Waals surface area contributed by atoms with Crippen LogP contribution in [-0.4, -0.2) is 64.0 Å². The molecule has 2 aromatic heterocycles. The summed E-state index contributed by atoms with van der Waals surface area (Å²) in [7, 11) is 0. The number of rotatable bonds is 3. The van der Waals surface area contributed by atoms with Crippen LogP contribution in [0, 0.1) is 12.8 Å². The van der Waals surface area contributed by atoms with Crippen molar-refractivity contribution < 1.29 is 9.59 Å². The Kier molecular flexibility index (Phi) is 4.79. The molecule has 2 aliphatic heterocycles. The molecule has 27 heavy (non-hydrogen) atoms. The van der Waals surface area contributed by atoms with E-state index in [0.29, 0.717) is 32.5 Å². The van der Waals surface area contributed by atoms with Crippen LogP contribution in [0.2, 0.25) is 0 Å². The summed E-state index contributed by atoms with van der Waals surface area (Å²) in [5.74, 6) is 2.58. The van der Waals surface area contributed by atoms with Crippen molar-refractivity contribution in [3.63, 3.8) is 0 Å². The Morgan fingerprint density at radius 1 is 1.11 bits per heavy atom. The predicted molar refractivity (Wildman–Crippen MR) is 101 cm³/mol. The number of nitrogens with zero attached hydrogens (tertiary/aromatic N) is 5. The number of aromatic nitrogens is 3. The van der Waals surface area contributed by atoms with Crippen LogP contribution in [0.15, 0.2) is 30.6 Å². The van der Waals surface area contributed by atoms with Crippen molar-refractivity contribution >= 4 is 17.6 Å². The first kappa shape index (κ1) is 17.5. The minimum atomic E-state index is -0.0871. The molecule has 1 N–H and O–H groups in total. The lowest BCUT2D eigenvalue weighted by atomic mass is 9.97. The maximum atomic E-state index is 12.7. The molecule has 1 atom stereocenters. The quantitative estimate of drug-likeness (QED) is 0.864. The number of carbonyl (C=O) groups excluding carboxylic acids is 2. The van der Waals surface area contributed by atoms with Gasteiger partial charge in [-0.1, -0.05) is 0 Å². The van der Waals surface area contributed by atoms with E-state index in [9.17, 15) is 9.59 Å². The van der Waals surface area contributed by atoms with Crippen LogP contribution in [0.1, 0.15) is 18.7 Å². The SMILES string of the molecule is Cc1nc(N2CCN(C(=O)C3CCC(=O)NC3)CC2)cc(-n2cccc2)n1. The molecule has 1 unspecified atom stereocenters. The number of hydrogen-bond acceptors (Lipinski definition) is 5. The summed E-state index contributed by atoms with van der Waals surface area (Å²) in [6.45, 7) is 5.19. The van der Waals surface area contributed by atoms with E-state index in [1.54, 1.807) is 0 Å². The zero-order chi connectivity index (χ0) is 18.8. The normalized spacial score (nSPS) is 20.5. The van der Waals surface area contributed by atoms with Crippen molar-refractivity contribution in [3.8, 4) is 5.82 Å². The van der Waals surface area contributed by atoms with E-state index in [1.807, 2.05) is 47.0 Å². The molecule has 2 saturated heterocycles. The number of nitrogens with one attached hydrogen (secondary N) is 1. The van der Waals surface area contributed by atoms with Gasteiger partial charge in [-0.15, -0.1) is 0 Å². The Labute approximate surface area is 158 Å². The molecule has 8 heteroatoms. The van der Waals surface area contributed by atoms with Gasteiger partial charge in [0.1, 0.15) is 17.5 Å². The fourth-order valence-corrected chi connectivity index (χ4v) is 3.68. The van der Waals surface area contributed by atoms with E-state index in [0.717, 1.165) is 30.5 Å². The van der Waals surface area contributed by atoms with Crippen molar-refractivity contribution in [1.29, 1.82) is 0 Å². The number of aryl methyl sites for hydroxylation is 1. The molecule has 0 aliphatic carbocycles. The van der Waals surface area contributed by atoms with Crippen LogP contribution in [-0.2, 0) is 9.59 Å². The van der Waals surface area contributed by atoms with Gasteiger partial charge in [0, 0.05) is 57.6 Å². The number of hydrogen-bond donors (Lipinski definition) is 1. The van der Waals surface area contributed by atoms with Gasteiger partial charge in [-0.3, -0.25) is 9.59 Å². The highest BCUT2D eigenvalue weighted by Gasteiger charge is 2.30. The van der Waals surface area contributed by atoms with Crippen LogP contribution in [0.4, 0.5) is 5.82 Å². The topological polar surface area (TPSA) is 83.4 Å². The molecule has 2 aliphatic rings. The fraction of sp³-hybridized carbons (Fsp3) is 0.474. The number of amides is 2. The monoisotopic (exact) mass is 368 g/mol. The molecule has 2 amide bonds. The summed E-state index contributed by atoms with van der Waals surface area (Å²) in [5.41, 5.74) is 0. The summed E-state index contributed by atoms with van der Waals surface area (Å²) < 4.78 is 1.97. The highest BCUT2D eigenvalue weighted by atomic mass is 16.2. The average molecular weight is 368 g/mol. The average Bonchev–Trinajstić information content (AvgIpc) is 3.23. The lowest BCUT2D eigenvalue weighted by Crippen LogP contribution is -2.52. The molecule has 0 radical (unpaired) electrons. The second-order valence-corrected chi connectivity index (χ2v) is 7.07. The summed E-state index contributed by atoms with van der Waals surface area (Å²) in [6, 6.07) is 5.92. The first-order valence-corrected chi connectivity index (χ1v) is 9.39. The van der Waals surface area contributed by atoms with Crippen LogP contribution < -0.4 is 10.2 Å². The first-order valence-electron chi connectivity index (χ1n) is 9.39. The number of anilines is 1. The Balaban J connectivity index is 1.41.